The molecule has 0 spiro atoms. The van der Waals surface area contributed by atoms with E-state index in [4.69, 9.17) is 0 Å². The highest BCUT2D eigenvalue weighted by atomic mass is 31.0. The Balaban J connectivity index is 0.000000640. The molecule has 1 rings (SSSR count). The molecule has 1 aromatic heterocycles. The average molecular weight is 141 g/mol. The molecule has 1 heterocycles. The van der Waals surface area contributed by atoms with Crippen LogP contribution in [0, 0.1) is 0 Å². The number of rotatable bonds is 1. The van der Waals surface area contributed by atoms with Gasteiger partial charge in [-0.3, -0.25) is 4.98 Å². The number of hydrogen-bond donors (Lipinski definition) is 0. The summed E-state index contributed by atoms with van der Waals surface area (Å²) in [6.45, 7) is 2.10. The lowest BCUT2D eigenvalue weighted by atomic mass is 10.3. The normalized spacial score (nSPS) is 8.11. The van der Waals surface area contributed by atoms with E-state index in [0.717, 1.165) is 12.1 Å². The Morgan fingerprint density at radius 3 is 2.56 bits per heavy atom. The molecule has 1 atom stereocenters. The lowest BCUT2D eigenvalue weighted by molar-refractivity contribution is 1.04. The van der Waals surface area contributed by atoms with Gasteiger partial charge >= 0.3 is 0 Å². The molecule has 0 saturated carbocycles. The smallest absolute Gasteiger partial charge is 0.0400 e. The third-order valence-electron chi connectivity index (χ3n) is 1.09. The molecule has 1 unspecified atom stereocenters. The Kier molecular flexibility index (Phi) is 4.25. The van der Waals surface area contributed by atoms with Crippen LogP contribution in [0.2, 0.25) is 0 Å². The molecule has 0 radical (unpaired) electrons. The van der Waals surface area contributed by atoms with Gasteiger partial charge in [0.15, 0.2) is 0 Å². The molecule has 0 aliphatic carbocycles. The van der Waals surface area contributed by atoms with E-state index in [0.29, 0.717) is 0 Å². The minimum atomic E-state index is 0. The maximum absolute atomic E-state index is 4.10. The van der Waals surface area contributed by atoms with Crippen molar-refractivity contribution in [2.45, 2.75) is 13.3 Å². The largest absolute Gasteiger partial charge is 0.261 e. The van der Waals surface area contributed by atoms with Crippen molar-refractivity contribution in [3.63, 3.8) is 0 Å². The zero-order valence-electron chi connectivity index (χ0n) is 5.67. The van der Waals surface area contributed by atoms with Crippen molar-refractivity contribution in [2.24, 2.45) is 0 Å². The van der Waals surface area contributed by atoms with Gasteiger partial charge in [0, 0.05) is 11.9 Å². The Morgan fingerprint density at radius 1 is 1.44 bits per heavy atom. The van der Waals surface area contributed by atoms with E-state index in [2.05, 4.69) is 11.9 Å². The summed E-state index contributed by atoms with van der Waals surface area (Å²) in [5.41, 5.74) is 1.16. The van der Waals surface area contributed by atoms with Gasteiger partial charge in [-0.05, 0) is 18.6 Å². The monoisotopic (exact) mass is 141 g/mol. The van der Waals surface area contributed by atoms with Gasteiger partial charge < -0.3 is 0 Å². The lowest BCUT2D eigenvalue weighted by Gasteiger charge is -1.88. The van der Waals surface area contributed by atoms with E-state index in [-0.39, 0.29) is 9.90 Å². The van der Waals surface area contributed by atoms with Crippen molar-refractivity contribution in [1.82, 2.24) is 4.98 Å². The molecule has 0 saturated heterocycles. The van der Waals surface area contributed by atoms with Crippen molar-refractivity contribution in [1.29, 1.82) is 0 Å². The number of aromatic nitrogens is 1. The minimum absolute atomic E-state index is 0. The van der Waals surface area contributed by atoms with Gasteiger partial charge in [-0.25, -0.2) is 0 Å². The standard InChI is InChI=1S/C7H9N.H3P/c1-2-7-5-3-4-6-8-7;/h3-6H,2H2,1H3;1H3. The van der Waals surface area contributed by atoms with Gasteiger partial charge in [0.2, 0.25) is 0 Å². The number of nitrogens with zero attached hydrogens (tertiary/aromatic N) is 1. The summed E-state index contributed by atoms with van der Waals surface area (Å²) in [5, 5.41) is 0. The van der Waals surface area contributed by atoms with Gasteiger partial charge in [-0.1, -0.05) is 13.0 Å². The molecule has 1 nitrogen and oxygen atoms in total. The molecule has 0 aliphatic rings. The Labute approximate surface area is 59.1 Å². The summed E-state index contributed by atoms with van der Waals surface area (Å²) in [6, 6.07) is 5.96. The van der Waals surface area contributed by atoms with E-state index < -0.39 is 0 Å². The van der Waals surface area contributed by atoms with Gasteiger partial charge in [0.05, 0.1) is 0 Å². The zero-order valence-corrected chi connectivity index (χ0v) is 7.09. The second kappa shape index (κ2) is 4.46. The highest BCUT2D eigenvalue weighted by molar-refractivity contribution is 6.92. The summed E-state index contributed by atoms with van der Waals surface area (Å²) in [5.74, 6) is 0. The molecule has 0 aromatic carbocycles. The minimum Gasteiger partial charge on any atom is -0.261 e. The van der Waals surface area contributed by atoms with E-state index >= 15 is 0 Å². The van der Waals surface area contributed by atoms with Crippen LogP contribution in [-0.2, 0) is 6.42 Å². The molecule has 1 aromatic rings. The molecule has 0 N–H and O–H groups in total. The third-order valence-corrected chi connectivity index (χ3v) is 1.09. The fourth-order valence-corrected chi connectivity index (χ4v) is 0.607. The quantitative estimate of drug-likeness (QED) is 0.542. The summed E-state index contributed by atoms with van der Waals surface area (Å²) in [7, 11) is 0. The Morgan fingerprint density at radius 2 is 2.22 bits per heavy atom. The van der Waals surface area contributed by atoms with E-state index in [1.807, 2.05) is 24.4 Å². The predicted molar refractivity (Wildman–Crippen MR) is 44.7 cm³/mol. The molecule has 0 bridgehead atoms. The van der Waals surface area contributed by atoms with Crippen molar-refractivity contribution >= 4 is 9.90 Å². The molecular formula is C7H12NP. The SMILES string of the molecule is CCc1ccccn1.P. The van der Waals surface area contributed by atoms with E-state index in [1.54, 1.807) is 0 Å². The first kappa shape index (κ1) is 8.58. The number of pyridine rings is 1. The van der Waals surface area contributed by atoms with Crippen LogP contribution in [-0.4, -0.2) is 4.98 Å². The van der Waals surface area contributed by atoms with Crippen LogP contribution in [0.3, 0.4) is 0 Å². The van der Waals surface area contributed by atoms with Gasteiger partial charge in [-0.15, -0.1) is 0 Å². The molecular weight excluding hydrogens is 129 g/mol. The second-order valence-corrected chi connectivity index (χ2v) is 1.67. The van der Waals surface area contributed by atoms with Gasteiger partial charge in [0.1, 0.15) is 0 Å². The summed E-state index contributed by atoms with van der Waals surface area (Å²) in [6.07, 6.45) is 2.85. The van der Waals surface area contributed by atoms with Crippen molar-refractivity contribution in [3.8, 4) is 0 Å². The fraction of sp³-hybridized carbons (Fsp3) is 0.286. The maximum Gasteiger partial charge on any atom is 0.0400 e. The highest BCUT2D eigenvalue weighted by Gasteiger charge is 1.81. The summed E-state index contributed by atoms with van der Waals surface area (Å²) >= 11 is 0. The van der Waals surface area contributed by atoms with Crippen LogP contribution in [0.1, 0.15) is 12.6 Å². The molecule has 0 fully saturated rings. The Hall–Kier alpha value is -0.420. The Bertz CT molecular complexity index is 150. The van der Waals surface area contributed by atoms with Crippen LogP contribution >= 0.6 is 9.90 Å². The maximum atomic E-state index is 4.10. The molecule has 50 valence electrons. The second-order valence-electron chi connectivity index (χ2n) is 1.67. The first-order valence-corrected chi connectivity index (χ1v) is 2.83. The molecule has 0 amide bonds. The first-order chi connectivity index (χ1) is 3.93. The zero-order chi connectivity index (χ0) is 5.82. The van der Waals surface area contributed by atoms with Crippen LogP contribution in [0.4, 0.5) is 0 Å². The molecule has 2 heteroatoms. The van der Waals surface area contributed by atoms with Crippen molar-refractivity contribution in [2.75, 3.05) is 0 Å². The average Bonchev–Trinajstić information content (AvgIpc) is 1.90. The van der Waals surface area contributed by atoms with Crippen LogP contribution in [0.25, 0.3) is 0 Å². The van der Waals surface area contributed by atoms with Gasteiger partial charge in [0.25, 0.3) is 0 Å². The van der Waals surface area contributed by atoms with Crippen LogP contribution in [0.5, 0.6) is 0 Å². The predicted octanol–water partition coefficient (Wildman–Crippen LogP) is 1.70. The van der Waals surface area contributed by atoms with Crippen molar-refractivity contribution < 1.29 is 0 Å². The third kappa shape index (κ3) is 2.57. The molecule has 9 heavy (non-hydrogen) atoms. The lowest BCUT2D eigenvalue weighted by Crippen LogP contribution is -1.81. The topological polar surface area (TPSA) is 12.9 Å². The number of aryl methyl sites for hydroxylation is 1. The van der Waals surface area contributed by atoms with E-state index in [9.17, 15) is 0 Å². The first-order valence-electron chi connectivity index (χ1n) is 2.83. The highest BCUT2D eigenvalue weighted by Crippen LogP contribution is 1.91. The fourth-order valence-electron chi connectivity index (χ4n) is 0.607. The summed E-state index contributed by atoms with van der Waals surface area (Å²) < 4.78 is 0. The molecule has 0 aliphatic heterocycles. The van der Waals surface area contributed by atoms with Crippen LogP contribution in [0.15, 0.2) is 24.4 Å². The summed E-state index contributed by atoms with van der Waals surface area (Å²) in [4.78, 5) is 4.10. The number of hydrogen-bond acceptors (Lipinski definition) is 1. The van der Waals surface area contributed by atoms with Crippen LogP contribution < -0.4 is 0 Å². The van der Waals surface area contributed by atoms with E-state index in [1.165, 1.54) is 0 Å². The van der Waals surface area contributed by atoms with Gasteiger partial charge in [-0.2, -0.15) is 9.90 Å². The van der Waals surface area contributed by atoms with Crippen molar-refractivity contribution in [3.05, 3.63) is 30.1 Å².